The molecule has 170 valence electrons. The van der Waals surface area contributed by atoms with E-state index in [0.29, 0.717) is 27.1 Å². The van der Waals surface area contributed by atoms with Crippen molar-refractivity contribution in [2.45, 2.75) is 19.4 Å². The van der Waals surface area contributed by atoms with Crippen molar-refractivity contribution < 1.29 is 24.0 Å². The van der Waals surface area contributed by atoms with Crippen LogP contribution in [0.5, 0.6) is 0 Å². The Morgan fingerprint density at radius 3 is 2.75 bits per heavy atom. The molecule has 2 aromatic rings. The zero-order valence-electron chi connectivity index (χ0n) is 17.4. The first-order valence-corrected chi connectivity index (χ1v) is 11.3. The Morgan fingerprint density at radius 1 is 1.34 bits per heavy atom. The van der Waals surface area contributed by atoms with Crippen LogP contribution in [0.2, 0.25) is 0 Å². The number of hydrogen-bond donors (Lipinski definition) is 3. The molecule has 4 N–H and O–H groups in total. The van der Waals surface area contributed by atoms with Gasteiger partial charge in [0, 0.05) is 25.9 Å². The minimum Gasteiger partial charge on any atom is -0.396 e. The van der Waals surface area contributed by atoms with E-state index in [4.69, 9.17) is 5.41 Å². The van der Waals surface area contributed by atoms with Crippen LogP contribution < -0.4 is 10.2 Å². The summed E-state index contributed by atoms with van der Waals surface area (Å²) in [6.45, 7) is 1.50. The maximum absolute atomic E-state index is 14.8. The van der Waals surface area contributed by atoms with Gasteiger partial charge < -0.3 is 20.7 Å². The monoisotopic (exact) mass is 463 g/mol. The van der Waals surface area contributed by atoms with Crippen LogP contribution in [-0.2, 0) is 6.54 Å². The fraction of sp³-hybridized carbons (Fsp3) is 0.429. The van der Waals surface area contributed by atoms with E-state index in [9.17, 15) is 18.7 Å². The second kappa shape index (κ2) is 9.80. The number of amides is 1. The number of nitrogens with one attached hydrogen (secondary N) is 1. The van der Waals surface area contributed by atoms with Crippen molar-refractivity contribution in [3.05, 3.63) is 40.5 Å². The number of thiazole rings is 1. The van der Waals surface area contributed by atoms with E-state index < -0.39 is 12.6 Å². The average Bonchev–Trinajstić information content (AvgIpc) is 3.36. The number of aromatic nitrogens is 2. The minimum atomic E-state index is -0.635. The van der Waals surface area contributed by atoms with Gasteiger partial charge in [0.05, 0.1) is 17.8 Å². The second-order valence-corrected chi connectivity index (χ2v) is 8.76. The molecule has 2 aromatic heterocycles. The minimum absolute atomic E-state index is 0.173. The predicted molar refractivity (Wildman–Crippen MR) is 117 cm³/mol. The summed E-state index contributed by atoms with van der Waals surface area (Å²) in [5.74, 6) is -0.0950. The molecule has 32 heavy (non-hydrogen) atoms. The normalized spacial score (nSPS) is 17.2. The van der Waals surface area contributed by atoms with Gasteiger partial charge in [0.15, 0.2) is 0 Å². The molecule has 4 heterocycles. The zero-order valence-corrected chi connectivity index (χ0v) is 18.2. The number of nitrogens with zero attached hydrogens (tertiary/aromatic N) is 4. The topological polar surface area (TPSA) is 110 Å². The van der Waals surface area contributed by atoms with E-state index in [1.807, 2.05) is 4.90 Å². The van der Waals surface area contributed by atoms with Gasteiger partial charge in [-0.1, -0.05) is 0 Å². The number of nitrogens with two attached hydrogens (primary N) is 1. The van der Waals surface area contributed by atoms with Gasteiger partial charge in [-0.25, -0.2) is 14.4 Å². The molecule has 0 unspecified atom stereocenters. The molecule has 2 aliphatic heterocycles. The molecule has 1 fully saturated rings. The first-order valence-electron chi connectivity index (χ1n) is 10.5. The van der Waals surface area contributed by atoms with Crippen LogP contribution in [0, 0.1) is 17.3 Å². The highest BCUT2D eigenvalue weighted by Crippen LogP contribution is 2.36. The number of rotatable bonds is 8. The quantitative estimate of drug-likeness (QED) is 0.313. The summed E-state index contributed by atoms with van der Waals surface area (Å²) in [5.41, 5.74) is 1.14. The number of quaternary nitrogens is 1. The van der Waals surface area contributed by atoms with Crippen molar-refractivity contribution in [3.8, 4) is 10.6 Å². The molecule has 4 rings (SSSR count). The summed E-state index contributed by atoms with van der Waals surface area (Å²) in [5, 5.41) is 18.8. The van der Waals surface area contributed by atoms with Crippen LogP contribution in [-0.4, -0.2) is 65.0 Å². The van der Waals surface area contributed by atoms with Gasteiger partial charge in [0.25, 0.3) is 5.91 Å². The maximum atomic E-state index is 14.8. The number of halogens is 2. The highest BCUT2D eigenvalue weighted by molar-refractivity contribution is 7.17. The van der Waals surface area contributed by atoms with Crippen LogP contribution in [0.15, 0.2) is 24.0 Å². The third-order valence-electron chi connectivity index (χ3n) is 5.73. The summed E-state index contributed by atoms with van der Waals surface area (Å²) >= 11 is 1.11. The Labute approximate surface area is 188 Å². The van der Waals surface area contributed by atoms with Gasteiger partial charge >= 0.3 is 0 Å². The third-order valence-corrected chi connectivity index (χ3v) is 6.85. The van der Waals surface area contributed by atoms with Gasteiger partial charge in [-0.3, -0.25) is 9.69 Å². The summed E-state index contributed by atoms with van der Waals surface area (Å²) in [4.78, 5) is 25.2. The molecular formula is C21H25F2N6O2S+. The first-order chi connectivity index (χ1) is 15.5. The Balaban J connectivity index is 1.50. The number of piperidine rings is 1. The third kappa shape index (κ3) is 4.41. The molecule has 2 aliphatic rings. The van der Waals surface area contributed by atoms with Crippen LogP contribution in [0.3, 0.4) is 0 Å². The van der Waals surface area contributed by atoms with E-state index in [0.717, 1.165) is 43.5 Å². The highest BCUT2D eigenvalue weighted by Gasteiger charge is 2.34. The molecule has 0 radical (unpaired) electrons. The van der Waals surface area contributed by atoms with Gasteiger partial charge in [-0.15, -0.1) is 11.3 Å². The van der Waals surface area contributed by atoms with Gasteiger partial charge in [0.2, 0.25) is 5.95 Å². The van der Waals surface area contributed by atoms with Crippen molar-refractivity contribution in [3.63, 3.8) is 0 Å². The average molecular weight is 464 g/mol. The molecule has 0 bridgehead atoms. The van der Waals surface area contributed by atoms with Gasteiger partial charge in [-0.2, -0.15) is 4.39 Å². The van der Waals surface area contributed by atoms with E-state index in [1.165, 1.54) is 4.90 Å². The number of alkyl halides is 1. The summed E-state index contributed by atoms with van der Waals surface area (Å²) in [6.07, 6.45) is 4.29. The number of aliphatic hydroxyl groups is 1. The van der Waals surface area contributed by atoms with Gasteiger partial charge in [0.1, 0.15) is 40.8 Å². The van der Waals surface area contributed by atoms with Crippen molar-refractivity contribution >= 4 is 29.3 Å². The summed E-state index contributed by atoms with van der Waals surface area (Å²) in [6, 6.07) is 3.40. The second-order valence-electron chi connectivity index (χ2n) is 7.76. The molecule has 0 spiro atoms. The fourth-order valence-corrected chi connectivity index (χ4v) is 4.92. The molecule has 0 atom stereocenters. The Kier molecular flexibility index (Phi) is 6.87. The highest BCUT2D eigenvalue weighted by atomic mass is 32.1. The Morgan fingerprint density at radius 2 is 2.12 bits per heavy atom. The Bertz CT molecular complexity index is 1040. The lowest BCUT2D eigenvalue weighted by atomic mass is 9.98. The molecule has 0 saturated carbocycles. The lowest BCUT2D eigenvalue weighted by Gasteiger charge is -2.32. The number of pyridine rings is 1. The first kappa shape index (κ1) is 22.4. The summed E-state index contributed by atoms with van der Waals surface area (Å²) < 4.78 is 27.2. The number of fused-ring (bicyclic) bond motifs is 1. The standard InChI is InChI=1S/C21H24F2N6O2S/c22-5-6-25-10-14(9-24)29-11-16-18(21(29)31)32-20(26-16)15-1-2-17(27-19(15)23)28-7-3-13(12-30)4-8-28/h1-2,9-10,13,24-25,30H,3-8,11-12H2/p+1/b14-10+,24-9?. The number of carbonyl (C=O) groups is 1. The lowest BCUT2D eigenvalue weighted by molar-refractivity contribution is -0.588. The van der Waals surface area contributed by atoms with Crippen molar-refractivity contribution in [2.75, 3.05) is 37.8 Å². The number of anilines is 1. The SMILES string of the molecule is N=C/C(=C\[NH2+]CCF)N1Cc2nc(-c3ccc(N4CCC(CO)CC4)nc3F)sc2C1=O. The molecule has 1 saturated heterocycles. The molecule has 0 aliphatic carbocycles. The molecule has 8 nitrogen and oxygen atoms in total. The molecule has 11 heteroatoms. The predicted octanol–water partition coefficient (Wildman–Crippen LogP) is 1.53. The van der Waals surface area contributed by atoms with Crippen LogP contribution in [0.25, 0.3) is 10.6 Å². The summed E-state index contributed by atoms with van der Waals surface area (Å²) in [7, 11) is 0. The number of allylic oxidation sites excluding steroid dienone is 1. The van der Waals surface area contributed by atoms with Gasteiger partial charge in [-0.05, 0) is 30.9 Å². The largest absolute Gasteiger partial charge is 0.396 e. The number of hydrogen-bond acceptors (Lipinski definition) is 7. The van der Waals surface area contributed by atoms with Crippen molar-refractivity contribution in [1.29, 1.82) is 5.41 Å². The van der Waals surface area contributed by atoms with E-state index >= 15 is 0 Å². The van der Waals surface area contributed by atoms with Crippen LogP contribution >= 0.6 is 11.3 Å². The van der Waals surface area contributed by atoms with Crippen LogP contribution in [0.4, 0.5) is 14.6 Å². The van der Waals surface area contributed by atoms with E-state index in [-0.39, 0.29) is 37.1 Å². The smallest absolute Gasteiger partial charge is 0.270 e. The zero-order chi connectivity index (χ0) is 22.7. The maximum Gasteiger partial charge on any atom is 0.270 e. The molecule has 1 amide bonds. The van der Waals surface area contributed by atoms with Crippen LogP contribution in [0.1, 0.15) is 28.2 Å². The fourth-order valence-electron chi connectivity index (χ4n) is 3.88. The van der Waals surface area contributed by atoms with E-state index in [1.54, 1.807) is 23.6 Å². The Hall–Kier alpha value is -2.76. The van der Waals surface area contributed by atoms with E-state index in [2.05, 4.69) is 9.97 Å². The lowest BCUT2D eigenvalue weighted by Crippen LogP contribution is -2.79. The molecule has 0 aromatic carbocycles. The van der Waals surface area contributed by atoms with Crippen molar-refractivity contribution in [1.82, 2.24) is 14.9 Å². The number of carbonyl (C=O) groups excluding carboxylic acids is 1. The van der Waals surface area contributed by atoms with Crippen molar-refractivity contribution in [2.24, 2.45) is 5.92 Å². The number of aliphatic hydroxyl groups excluding tert-OH is 1. The molecular weight excluding hydrogens is 438 g/mol.